The van der Waals surface area contributed by atoms with Crippen molar-refractivity contribution < 1.29 is 14.6 Å². The number of nitrogens with zero attached hydrogens (tertiary/aromatic N) is 2. The van der Waals surface area contributed by atoms with E-state index >= 15 is 0 Å². The van der Waals surface area contributed by atoms with E-state index in [-0.39, 0.29) is 6.04 Å². The summed E-state index contributed by atoms with van der Waals surface area (Å²) in [6.07, 6.45) is 0.112. The first-order chi connectivity index (χ1) is 6.68. The van der Waals surface area contributed by atoms with E-state index in [0.717, 1.165) is 32.7 Å². The van der Waals surface area contributed by atoms with E-state index in [0.29, 0.717) is 6.04 Å². The molecule has 2 rings (SSSR count). The van der Waals surface area contributed by atoms with Gasteiger partial charge < -0.3 is 14.7 Å². The number of hydrogen-bond acceptors (Lipinski definition) is 3. The molecule has 1 N–H and O–H groups in total. The van der Waals surface area contributed by atoms with Crippen LogP contribution in [0.2, 0.25) is 0 Å². The van der Waals surface area contributed by atoms with Gasteiger partial charge in [-0.05, 0) is 6.42 Å². The fraction of sp³-hybridized carbons (Fsp3) is 0.889. The molecule has 14 heavy (non-hydrogen) atoms. The van der Waals surface area contributed by atoms with Crippen LogP contribution in [0.15, 0.2) is 0 Å². The van der Waals surface area contributed by atoms with Crippen LogP contribution in [0.3, 0.4) is 0 Å². The van der Waals surface area contributed by atoms with Crippen molar-refractivity contribution in [2.45, 2.75) is 18.5 Å². The Labute approximate surface area is 83.2 Å². The van der Waals surface area contributed by atoms with Crippen LogP contribution in [0, 0.1) is 0 Å². The maximum Gasteiger partial charge on any atom is 0.407 e. The maximum absolute atomic E-state index is 10.7. The highest BCUT2D eigenvalue weighted by molar-refractivity contribution is 5.65. The maximum atomic E-state index is 10.7. The Bertz CT molecular complexity index is 230. The van der Waals surface area contributed by atoms with Crippen LogP contribution < -0.4 is 0 Å². The van der Waals surface area contributed by atoms with Gasteiger partial charge >= 0.3 is 6.09 Å². The number of likely N-dealkylation sites (N-methyl/N-ethyl adjacent to an activating group) is 1. The number of likely N-dealkylation sites (tertiary alicyclic amines) is 1. The van der Waals surface area contributed by atoms with Crippen molar-refractivity contribution in [3.8, 4) is 0 Å². The minimum Gasteiger partial charge on any atom is -0.465 e. The van der Waals surface area contributed by atoms with Crippen LogP contribution in [0.5, 0.6) is 0 Å². The molecule has 0 aromatic rings. The normalized spacial score (nSPS) is 28.8. The average molecular weight is 200 g/mol. The van der Waals surface area contributed by atoms with Crippen LogP contribution >= 0.6 is 0 Å². The van der Waals surface area contributed by atoms with Gasteiger partial charge in [-0.2, -0.15) is 0 Å². The summed E-state index contributed by atoms with van der Waals surface area (Å²) >= 11 is 0. The van der Waals surface area contributed by atoms with Crippen LogP contribution in [-0.2, 0) is 4.74 Å². The fourth-order valence-electron chi connectivity index (χ4n) is 2.01. The molecular formula is C9H16N2O3. The molecule has 1 amide bonds. The second-order valence-electron chi connectivity index (χ2n) is 4.02. The molecule has 1 unspecified atom stereocenters. The average Bonchev–Trinajstić information content (AvgIpc) is 2.48. The lowest BCUT2D eigenvalue weighted by Gasteiger charge is -2.34. The minimum absolute atomic E-state index is 0.160. The number of amides is 1. The van der Waals surface area contributed by atoms with Crippen molar-refractivity contribution in [2.75, 3.05) is 33.4 Å². The monoisotopic (exact) mass is 200 g/mol. The molecule has 2 aliphatic rings. The van der Waals surface area contributed by atoms with Gasteiger partial charge in [0.1, 0.15) is 0 Å². The fourth-order valence-corrected chi connectivity index (χ4v) is 2.01. The summed E-state index contributed by atoms with van der Waals surface area (Å²) in [6, 6.07) is 0.690. The number of rotatable bonds is 2. The Balaban J connectivity index is 1.84. The molecule has 2 fully saturated rings. The molecule has 1 atom stereocenters. The van der Waals surface area contributed by atoms with Gasteiger partial charge in [0.2, 0.25) is 0 Å². The quantitative estimate of drug-likeness (QED) is 0.685. The Morgan fingerprint density at radius 1 is 1.57 bits per heavy atom. The second kappa shape index (κ2) is 3.74. The van der Waals surface area contributed by atoms with Crippen molar-refractivity contribution in [3.05, 3.63) is 0 Å². The summed E-state index contributed by atoms with van der Waals surface area (Å²) in [7, 11) is 1.65. The van der Waals surface area contributed by atoms with Crippen molar-refractivity contribution in [1.82, 2.24) is 9.80 Å². The zero-order chi connectivity index (χ0) is 10.1. The highest BCUT2D eigenvalue weighted by atomic mass is 16.5. The Morgan fingerprint density at radius 3 is 2.79 bits per heavy atom. The molecule has 5 heteroatoms. The van der Waals surface area contributed by atoms with Gasteiger partial charge in [0.05, 0.1) is 19.3 Å². The van der Waals surface area contributed by atoms with E-state index in [1.807, 2.05) is 0 Å². The third-order valence-corrected chi connectivity index (χ3v) is 3.18. The van der Waals surface area contributed by atoms with Crippen molar-refractivity contribution in [1.29, 1.82) is 0 Å². The lowest BCUT2D eigenvalue weighted by molar-refractivity contribution is -0.0583. The van der Waals surface area contributed by atoms with Gasteiger partial charge in [-0.25, -0.2) is 4.79 Å². The first-order valence-corrected chi connectivity index (χ1v) is 4.96. The van der Waals surface area contributed by atoms with E-state index < -0.39 is 6.09 Å². The summed E-state index contributed by atoms with van der Waals surface area (Å²) in [5.74, 6) is 0. The molecule has 0 bridgehead atoms. The summed E-state index contributed by atoms with van der Waals surface area (Å²) in [4.78, 5) is 14.5. The predicted molar refractivity (Wildman–Crippen MR) is 50.4 cm³/mol. The van der Waals surface area contributed by atoms with E-state index in [4.69, 9.17) is 9.84 Å². The van der Waals surface area contributed by atoms with E-state index in [1.165, 1.54) is 4.90 Å². The minimum atomic E-state index is -0.832. The molecule has 0 radical (unpaired) electrons. The van der Waals surface area contributed by atoms with Crippen LogP contribution in [0.1, 0.15) is 6.42 Å². The SMILES string of the molecule is CN(C(=O)O)C1CCN(C2COC2)C1. The molecule has 80 valence electrons. The van der Waals surface area contributed by atoms with Crippen LogP contribution in [-0.4, -0.2) is 66.4 Å². The molecule has 2 heterocycles. The second-order valence-corrected chi connectivity index (χ2v) is 4.02. The number of carboxylic acid groups (broad SMARTS) is 1. The topological polar surface area (TPSA) is 53.0 Å². The van der Waals surface area contributed by atoms with Crippen molar-refractivity contribution >= 4 is 6.09 Å². The molecule has 2 saturated heterocycles. The lowest BCUT2D eigenvalue weighted by Crippen LogP contribution is -2.49. The molecule has 2 aliphatic heterocycles. The molecule has 0 aromatic carbocycles. The standard InChI is InChI=1S/C9H16N2O3/c1-10(9(12)13)7-2-3-11(4-7)8-5-14-6-8/h7-8H,2-6H2,1H3,(H,12,13). The van der Waals surface area contributed by atoms with Gasteiger partial charge in [0.15, 0.2) is 0 Å². The zero-order valence-corrected chi connectivity index (χ0v) is 8.35. The van der Waals surface area contributed by atoms with Crippen LogP contribution in [0.25, 0.3) is 0 Å². The number of ether oxygens (including phenoxy) is 1. The largest absolute Gasteiger partial charge is 0.465 e. The Kier molecular flexibility index (Phi) is 2.60. The van der Waals surface area contributed by atoms with E-state index in [2.05, 4.69) is 4.90 Å². The third-order valence-electron chi connectivity index (χ3n) is 3.18. The number of hydrogen-bond donors (Lipinski definition) is 1. The highest BCUT2D eigenvalue weighted by Gasteiger charge is 2.34. The van der Waals surface area contributed by atoms with E-state index in [1.54, 1.807) is 7.05 Å². The summed E-state index contributed by atoms with van der Waals surface area (Å²) in [5.41, 5.74) is 0. The highest BCUT2D eigenvalue weighted by Crippen LogP contribution is 2.20. The lowest BCUT2D eigenvalue weighted by atomic mass is 10.2. The van der Waals surface area contributed by atoms with Gasteiger partial charge in [-0.15, -0.1) is 0 Å². The third kappa shape index (κ3) is 1.69. The van der Waals surface area contributed by atoms with Crippen molar-refractivity contribution in [2.24, 2.45) is 0 Å². The summed E-state index contributed by atoms with van der Waals surface area (Å²) in [6.45, 7) is 3.47. The molecule has 0 spiro atoms. The van der Waals surface area contributed by atoms with Crippen LogP contribution in [0.4, 0.5) is 4.79 Å². The molecule has 0 aliphatic carbocycles. The van der Waals surface area contributed by atoms with Crippen molar-refractivity contribution in [3.63, 3.8) is 0 Å². The Hall–Kier alpha value is -0.810. The molecule has 0 saturated carbocycles. The molecule has 5 nitrogen and oxygen atoms in total. The van der Waals surface area contributed by atoms with Gasteiger partial charge in [0.25, 0.3) is 0 Å². The van der Waals surface area contributed by atoms with Gasteiger partial charge in [0, 0.05) is 26.2 Å². The summed E-state index contributed by atoms with van der Waals surface area (Å²) < 4.78 is 5.12. The summed E-state index contributed by atoms with van der Waals surface area (Å²) in [5, 5.41) is 8.82. The smallest absolute Gasteiger partial charge is 0.407 e. The predicted octanol–water partition coefficient (Wildman–Crippen LogP) is 0.0693. The zero-order valence-electron chi connectivity index (χ0n) is 8.35. The molecule has 0 aromatic heterocycles. The number of carbonyl (C=O) groups is 1. The molecular weight excluding hydrogens is 184 g/mol. The van der Waals surface area contributed by atoms with Gasteiger partial charge in [-0.3, -0.25) is 4.90 Å². The van der Waals surface area contributed by atoms with E-state index in [9.17, 15) is 4.79 Å². The Morgan fingerprint density at radius 2 is 2.29 bits per heavy atom. The first-order valence-electron chi connectivity index (χ1n) is 4.96. The first kappa shape index (κ1) is 9.73. The van der Waals surface area contributed by atoms with Gasteiger partial charge in [-0.1, -0.05) is 0 Å².